The monoisotopic (exact) mass is 651 g/mol. The minimum Gasteiger partial charge on any atom is -0.341 e. The van der Waals surface area contributed by atoms with E-state index in [2.05, 4.69) is 43.3 Å². The summed E-state index contributed by atoms with van der Waals surface area (Å²) in [7, 11) is 7.55. The van der Waals surface area contributed by atoms with Crippen LogP contribution in [0, 0.1) is 5.92 Å². The van der Waals surface area contributed by atoms with E-state index in [1.54, 1.807) is 25.1 Å². The Bertz CT molecular complexity index is 1580. The van der Waals surface area contributed by atoms with Gasteiger partial charge in [0.05, 0.1) is 0 Å². The molecule has 0 unspecified atom stereocenters. The number of hydrogen-bond donors (Lipinski definition) is 1. The second-order valence-electron chi connectivity index (χ2n) is 14.4. The smallest absolute Gasteiger partial charge is 0.246 e. The maximum atomic E-state index is 14.7. The standard InChI is InChI=1S/C40H53N5O3/c1-42(2)28-32-15-11-24-45(29-32)39(48)36(26-30-13-6-5-7-14-30)44(4)38(47)35(27-31-19-20-33-16-8-9-17-34(33)25-31)43(3)37(46)18-10-21-40(41)22-12-23-40/h5-10,13-14,16-20,25,32,35-36H,11-12,15,21-24,26-29,41H2,1-4H3/b18-10+/t32-,35+,36+/m0/s1. The highest BCUT2D eigenvalue weighted by Crippen LogP contribution is 2.32. The Morgan fingerprint density at radius 1 is 0.854 bits per heavy atom. The highest BCUT2D eigenvalue weighted by Gasteiger charge is 2.38. The molecule has 3 aromatic rings. The molecule has 48 heavy (non-hydrogen) atoms. The van der Waals surface area contributed by atoms with Crippen LogP contribution in [0.15, 0.2) is 84.9 Å². The molecule has 1 saturated heterocycles. The molecule has 5 rings (SSSR count). The van der Waals surface area contributed by atoms with Gasteiger partial charge in [0.25, 0.3) is 0 Å². The zero-order valence-electron chi connectivity index (χ0n) is 29.2. The van der Waals surface area contributed by atoms with E-state index in [-0.39, 0.29) is 23.3 Å². The molecule has 0 aromatic heterocycles. The molecule has 3 amide bonds. The third-order valence-corrected chi connectivity index (χ3v) is 10.3. The van der Waals surface area contributed by atoms with Crippen molar-refractivity contribution in [2.75, 3.05) is 47.8 Å². The van der Waals surface area contributed by atoms with Crippen molar-refractivity contribution in [2.45, 2.75) is 69.0 Å². The molecule has 256 valence electrons. The van der Waals surface area contributed by atoms with Gasteiger partial charge >= 0.3 is 0 Å². The first-order valence-corrected chi connectivity index (χ1v) is 17.5. The van der Waals surface area contributed by atoms with E-state index in [0.717, 1.165) is 60.5 Å². The highest BCUT2D eigenvalue weighted by atomic mass is 16.2. The third-order valence-electron chi connectivity index (χ3n) is 10.3. The largest absolute Gasteiger partial charge is 0.341 e. The molecule has 1 saturated carbocycles. The van der Waals surface area contributed by atoms with Crippen molar-refractivity contribution in [3.63, 3.8) is 0 Å². The first kappa shape index (κ1) is 35.3. The molecule has 0 spiro atoms. The SMILES string of the molecule is CN(C)C[C@@H]1CCCN(C(=O)[C@@H](Cc2ccccc2)N(C)C(=O)[C@@H](Cc2ccc3ccccc3c2)N(C)C(=O)/C=C/CC2(N)CCC2)C1. The third kappa shape index (κ3) is 8.91. The Labute approximate surface area is 286 Å². The fourth-order valence-electron chi connectivity index (χ4n) is 7.24. The van der Waals surface area contributed by atoms with Crippen LogP contribution in [0.4, 0.5) is 0 Å². The number of likely N-dealkylation sites (N-methyl/N-ethyl adjacent to an activating group) is 2. The average molecular weight is 652 g/mol. The summed E-state index contributed by atoms with van der Waals surface area (Å²) in [6, 6.07) is 22.7. The van der Waals surface area contributed by atoms with Crippen LogP contribution in [0.25, 0.3) is 10.8 Å². The van der Waals surface area contributed by atoms with Gasteiger partial charge in [-0.15, -0.1) is 0 Å². The molecule has 1 aliphatic heterocycles. The zero-order valence-corrected chi connectivity index (χ0v) is 29.2. The van der Waals surface area contributed by atoms with E-state index in [4.69, 9.17) is 5.73 Å². The van der Waals surface area contributed by atoms with Crippen molar-refractivity contribution in [2.24, 2.45) is 11.7 Å². The number of hydrogen-bond acceptors (Lipinski definition) is 5. The van der Waals surface area contributed by atoms with Crippen LogP contribution in [-0.2, 0) is 27.2 Å². The van der Waals surface area contributed by atoms with Gasteiger partial charge in [-0.3, -0.25) is 14.4 Å². The molecule has 3 atom stereocenters. The Morgan fingerprint density at radius 3 is 2.23 bits per heavy atom. The van der Waals surface area contributed by atoms with Crippen molar-refractivity contribution in [1.29, 1.82) is 0 Å². The molecular weight excluding hydrogens is 598 g/mol. The van der Waals surface area contributed by atoms with E-state index in [0.29, 0.717) is 38.3 Å². The van der Waals surface area contributed by atoms with Crippen LogP contribution >= 0.6 is 0 Å². The number of nitrogens with two attached hydrogens (primary N) is 1. The van der Waals surface area contributed by atoms with Crippen molar-refractivity contribution in [3.8, 4) is 0 Å². The lowest BCUT2D eigenvalue weighted by molar-refractivity contribution is -0.150. The van der Waals surface area contributed by atoms with Crippen molar-refractivity contribution in [1.82, 2.24) is 19.6 Å². The summed E-state index contributed by atoms with van der Waals surface area (Å²) in [5, 5.41) is 2.19. The number of benzene rings is 3. The second kappa shape index (κ2) is 15.9. The maximum Gasteiger partial charge on any atom is 0.246 e. The second-order valence-corrected chi connectivity index (χ2v) is 14.4. The number of rotatable bonds is 13. The van der Waals surface area contributed by atoms with Crippen molar-refractivity contribution >= 4 is 28.5 Å². The van der Waals surface area contributed by atoms with Crippen molar-refractivity contribution in [3.05, 3.63) is 96.1 Å². The minimum absolute atomic E-state index is 0.0368. The molecule has 0 bridgehead atoms. The van der Waals surface area contributed by atoms with E-state index < -0.39 is 12.1 Å². The number of likely N-dealkylation sites (tertiary alicyclic amines) is 1. The lowest BCUT2D eigenvalue weighted by Gasteiger charge is -2.39. The van der Waals surface area contributed by atoms with Crippen molar-refractivity contribution < 1.29 is 14.4 Å². The Kier molecular flexibility index (Phi) is 11.7. The summed E-state index contributed by atoms with van der Waals surface area (Å²) >= 11 is 0. The summed E-state index contributed by atoms with van der Waals surface area (Å²) < 4.78 is 0. The van der Waals surface area contributed by atoms with Gasteiger partial charge in [-0.25, -0.2) is 0 Å². The van der Waals surface area contributed by atoms with Gasteiger partial charge in [0.1, 0.15) is 12.1 Å². The molecule has 8 heteroatoms. The number of carbonyl (C=O) groups excluding carboxylic acids is 3. The predicted octanol–water partition coefficient (Wildman–Crippen LogP) is 4.91. The summed E-state index contributed by atoms with van der Waals surface area (Å²) in [5.74, 6) is -0.151. The normalized spacial score (nSPS) is 18.8. The molecule has 0 radical (unpaired) electrons. The molecule has 2 aliphatic rings. The summed E-state index contributed by atoms with van der Waals surface area (Å²) in [6.07, 6.45) is 9.81. The van der Waals surface area contributed by atoms with Gasteiger partial charge in [-0.2, -0.15) is 0 Å². The molecule has 2 N–H and O–H groups in total. The lowest BCUT2D eigenvalue weighted by Crippen LogP contribution is -2.57. The predicted molar refractivity (Wildman–Crippen MR) is 193 cm³/mol. The zero-order chi connectivity index (χ0) is 34.3. The Hall–Kier alpha value is -4.01. The molecule has 1 heterocycles. The summed E-state index contributed by atoms with van der Waals surface area (Å²) in [5.41, 5.74) is 8.11. The highest BCUT2D eigenvalue weighted by molar-refractivity contribution is 5.95. The van der Waals surface area contributed by atoms with Crippen LogP contribution < -0.4 is 5.73 Å². The van der Waals surface area contributed by atoms with Gasteiger partial charge in [-0.05, 0) is 86.5 Å². The van der Waals surface area contributed by atoms with Gasteiger partial charge in [-0.1, -0.05) is 78.9 Å². The molecule has 2 fully saturated rings. The first-order chi connectivity index (χ1) is 23.0. The van der Waals surface area contributed by atoms with Gasteiger partial charge < -0.3 is 25.3 Å². The van der Waals surface area contributed by atoms with Crippen LogP contribution in [0.2, 0.25) is 0 Å². The Morgan fingerprint density at radius 2 is 1.54 bits per heavy atom. The fourth-order valence-corrected chi connectivity index (χ4v) is 7.24. The van der Waals surface area contributed by atoms with Crippen LogP contribution in [0.1, 0.15) is 49.7 Å². The van der Waals surface area contributed by atoms with E-state index >= 15 is 0 Å². The maximum absolute atomic E-state index is 14.7. The first-order valence-electron chi connectivity index (χ1n) is 17.5. The number of amides is 3. The Balaban J connectivity index is 1.43. The van der Waals surface area contributed by atoms with Gasteiger partial charge in [0.15, 0.2) is 0 Å². The topological polar surface area (TPSA) is 90.2 Å². The molecular formula is C40H53N5O3. The van der Waals surface area contributed by atoms with Gasteiger partial charge in [0, 0.05) is 52.1 Å². The number of piperidine rings is 1. The van der Waals surface area contributed by atoms with Crippen LogP contribution in [0.3, 0.4) is 0 Å². The van der Waals surface area contributed by atoms with E-state index in [9.17, 15) is 14.4 Å². The minimum atomic E-state index is -0.808. The average Bonchev–Trinajstić information content (AvgIpc) is 3.07. The van der Waals surface area contributed by atoms with E-state index in [1.165, 1.54) is 4.90 Å². The van der Waals surface area contributed by atoms with Gasteiger partial charge in [0.2, 0.25) is 17.7 Å². The summed E-state index contributed by atoms with van der Waals surface area (Å²) in [6.45, 7) is 2.28. The summed E-state index contributed by atoms with van der Waals surface area (Å²) in [4.78, 5) is 50.0. The quantitative estimate of drug-likeness (QED) is 0.266. The van der Waals surface area contributed by atoms with Crippen LogP contribution in [0.5, 0.6) is 0 Å². The fraction of sp³-hybridized carbons (Fsp3) is 0.475. The molecule has 3 aromatic carbocycles. The number of fused-ring (bicyclic) bond motifs is 1. The molecule has 1 aliphatic carbocycles. The number of carbonyl (C=O) groups is 3. The lowest BCUT2D eigenvalue weighted by atomic mass is 9.75. The number of nitrogens with zero attached hydrogens (tertiary/aromatic N) is 4. The molecule has 8 nitrogen and oxygen atoms in total. The van der Waals surface area contributed by atoms with Crippen LogP contribution in [-0.4, -0.2) is 103 Å². The van der Waals surface area contributed by atoms with E-state index in [1.807, 2.05) is 59.5 Å².